The standard InChI is InChI=1S/C30H34N6O2/c1-19-16-23(18-33-28(19)31)26-17-22-10-11-32-30(37)27(22)29(35-26)34-24-6-2-20(3-7-24)21-4-8-25(9-5-21)36-12-14-38-15-13-36/h2-3,6-7,10-11,16-18,21,25H,4-5,8-9,12-15H2,1H3,(H2,31,33)(H,32,37)(H,34,35)/t21-,25-. The summed E-state index contributed by atoms with van der Waals surface area (Å²) in [6, 6.07) is 15.1. The molecule has 1 aromatic carbocycles. The van der Waals surface area contributed by atoms with E-state index in [1.165, 1.54) is 31.2 Å². The molecule has 0 atom stereocenters. The molecule has 196 valence electrons. The minimum absolute atomic E-state index is 0.177. The molecule has 2 aliphatic rings. The first-order valence-electron chi connectivity index (χ1n) is 13.5. The Balaban J connectivity index is 1.22. The van der Waals surface area contributed by atoms with Crippen LogP contribution in [0.2, 0.25) is 0 Å². The number of morpholine rings is 1. The highest BCUT2D eigenvalue weighted by Gasteiger charge is 2.27. The Bertz CT molecular complexity index is 1490. The lowest BCUT2D eigenvalue weighted by Crippen LogP contribution is -2.44. The summed E-state index contributed by atoms with van der Waals surface area (Å²) in [5.74, 6) is 1.61. The first-order chi connectivity index (χ1) is 18.5. The molecule has 4 N–H and O–H groups in total. The van der Waals surface area contributed by atoms with Crippen LogP contribution in [0.15, 0.2) is 59.7 Å². The number of anilines is 3. The number of fused-ring (bicyclic) bond motifs is 1. The Morgan fingerprint density at radius 3 is 2.55 bits per heavy atom. The quantitative estimate of drug-likeness (QED) is 0.347. The number of aryl methyl sites for hydroxylation is 1. The molecule has 8 nitrogen and oxygen atoms in total. The van der Waals surface area contributed by atoms with Crippen LogP contribution in [0.25, 0.3) is 22.0 Å². The van der Waals surface area contributed by atoms with Crippen LogP contribution < -0.4 is 16.6 Å². The Labute approximate surface area is 222 Å². The molecule has 2 fully saturated rings. The molecule has 1 saturated carbocycles. The Hall–Kier alpha value is -3.75. The van der Waals surface area contributed by atoms with Crippen LogP contribution in [0.4, 0.5) is 17.3 Å². The average Bonchev–Trinajstić information content (AvgIpc) is 2.95. The van der Waals surface area contributed by atoms with Crippen molar-refractivity contribution in [3.05, 3.63) is 76.3 Å². The van der Waals surface area contributed by atoms with Gasteiger partial charge >= 0.3 is 0 Å². The molecule has 38 heavy (non-hydrogen) atoms. The molecule has 0 amide bonds. The van der Waals surface area contributed by atoms with Gasteiger partial charge in [0.1, 0.15) is 11.6 Å². The topological polar surface area (TPSA) is 109 Å². The monoisotopic (exact) mass is 510 g/mol. The van der Waals surface area contributed by atoms with Crippen molar-refractivity contribution in [1.82, 2.24) is 19.9 Å². The largest absolute Gasteiger partial charge is 0.383 e. The fourth-order valence-corrected chi connectivity index (χ4v) is 5.87. The second kappa shape index (κ2) is 10.6. The first-order valence-corrected chi connectivity index (χ1v) is 13.5. The number of hydrogen-bond donors (Lipinski definition) is 3. The van der Waals surface area contributed by atoms with Crippen molar-refractivity contribution >= 4 is 28.1 Å². The first kappa shape index (κ1) is 24.6. The van der Waals surface area contributed by atoms with E-state index in [1.54, 1.807) is 12.4 Å². The lowest BCUT2D eigenvalue weighted by atomic mass is 9.81. The predicted molar refractivity (Wildman–Crippen MR) is 152 cm³/mol. The maximum Gasteiger partial charge on any atom is 0.259 e. The van der Waals surface area contributed by atoms with Crippen LogP contribution in [-0.4, -0.2) is 52.2 Å². The lowest BCUT2D eigenvalue weighted by molar-refractivity contribution is 0.00730. The number of nitrogens with one attached hydrogen (secondary N) is 2. The third-order valence-electron chi connectivity index (χ3n) is 8.07. The van der Waals surface area contributed by atoms with Crippen LogP contribution in [0.1, 0.15) is 42.7 Å². The number of nitrogen functional groups attached to an aromatic ring is 1. The van der Waals surface area contributed by atoms with E-state index in [4.69, 9.17) is 15.5 Å². The number of nitrogens with two attached hydrogens (primary N) is 1. The smallest absolute Gasteiger partial charge is 0.259 e. The molecule has 1 aliphatic carbocycles. The van der Waals surface area contributed by atoms with Gasteiger partial charge in [0, 0.05) is 42.8 Å². The third kappa shape index (κ3) is 5.01. The van der Waals surface area contributed by atoms with Gasteiger partial charge in [0.15, 0.2) is 0 Å². The minimum atomic E-state index is -0.177. The molecule has 4 heterocycles. The van der Waals surface area contributed by atoms with E-state index in [2.05, 4.69) is 44.5 Å². The van der Waals surface area contributed by atoms with Gasteiger partial charge in [-0.05, 0) is 85.4 Å². The van der Waals surface area contributed by atoms with E-state index < -0.39 is 0 Å². The van der Waals surface area contributed by atoms with Gasteiger partial charge in [-0.25, -0.2) is 9.97 Å². The van der Waals surface area contributed by atoms with Crippen molar-refractivity contribution in [2.75, 3.05) is 37.4 Å². The average molecular weight is 511 g/mol. The summed E-state index contributed by atoms with van der Waals surface area (Å²) in [5, 5.41) is 4.75. The zero-order valence-corrected chi connectivity index (χ0v) is 21.7. The van der Waals surface area contributed by atoms with Crippen LogP contribution in [0.5, 0.6) is 0 Å². The number of H-pyrrole nitrogens is 1. The lowest BCUT2D eigenvalue weighted by Gasteiger charge is -2.38. The zero-order valence-electron chi connectivity index (χ0n) is 21.7. The van der Waals surface area contributed by atoms with Crippen LogP contribution >= 0.6 is 0 Å². The Morgan fingerprint density at radius 2 is 1.82 bits per heavy atom. The zero-order chi connectivity index (χ0) is 26.1. The fourth-order valence-electron chi connectivity index (χ4n) is 5.87. The molecule has 4 aromatic rings. The van der Waals surface area contributed by atoms with Crippen molar-refractivity contribution in [3.8, 4) is 11.3 Å². The molecular weight excluding hydrogens is 476 g/mol. The maximum atomic E-state index is 12.8. The number of pyridine rings is 3. The second-order valence-corrected chi connectivity index (χ2v) is 10.5. The van der Waals surface area contributed by atoms with E-state index in [9.17, 15) is 4.79 Å². The van der Waals surface area contributed by atoms with E-state index in [0.29, 0.717) is 29.0 Å². The van der Waals surface area contributed by atoms with Crippen molar-refractivity contribution in [2.24, 2.45) is 0 Å². The SMILES string of the molecule is Cc1cc(-c2cc3cc[nH]c(=O)c3c(Nc3ccc([C@H]4CC[C@H](N5CCOCC5)CC4)cc3)n2)cnc1N. The van der Waals surface area contributed by atoms with Crippen LogP contribution in [0, 0.1) is 6.92 Å². The highest BCUT2D eigenvalue weighted by Crippen LogP contribution is 2.36. The van der Waals surface area contributed by atoms with Gasteiger partial charge in [-0.3, -0.25) is 9.69 Å². The maximum absolute atomic E-state index is 12.8. The van der Waals surface area contributed by atoms with E-state index in [0.717, 1.165) is 54.2 Å². The van der Waals surface area contributed by atoms with E-state index >= 15 is 0 Å². The van der Waals surface area contributed by atoms with Crippen LogP contribution in [0.3, 0.4) is 0 Å². The Morgan fingerprint density at radius 1 is 1.05 bits per heavy atom. The van der Waals surface area contributed by atoms with Crippen LogP contribution in [-0.2, 0) is 4.74 Å². The molecule has 3 aromatic heterocycles. The number of aromatic amines is 1. The summed E-state index contributed by atoms with van der Waals surface area (Å²) >= 11 is 0. The molecule has 8 heteroatoms. The highest BCUT2D eigenvalue weighted by atomic mass is 16.5. The summed E-state index contributed by atoms with van der Waals surface area (Å²) < 4.78 is 5.52. The van der Waals surface area contributed by atoms with Gasteiger partial charge in [-0.1, -0.05) is 12.1 Å². The molecule has 0 bridgehead atoms. The summed E-state index contributed by atoms with van der Waals surface area (Å²) in [5.41, 5.74) is 10.5. The van der Waals surface area contributed by atoms with E-state index in [1.807, 2.05) is 25.1 Å². The van der Waals surface area contributed by atoms with Crippen molar-refractivity contribution in [1.29, 1.82) is 0 Å². The van der Waals surface area contributed by atoms with Gasteiger partial charge in [-0.2, -0.15) is 0 Å². The molecule has 6 rings (SSSR count). The predicted octanol–water partition coefficient (Wildman–Crippen LogP) is 4.98. The summed E-state index contributed by atoms with van der Waals surface area (Å²) in [6.45, 7) is 5.79. The van der Waals surface area contributed by atoms with Crippen molar-refractivity contribution in [3.63, 3.8) is 0 Å². The summed E-state index contributed by atoms with van der Waals surface area (Å²) in [6.07, 6.45) is 8.30. The molecule has 1 saturated heterocycles. The molecule has 0 unspecified atom stereocenters. The minimum Gasteiger partial charge on any atom is -0.383 e. The summed E-state index contributed by atoms with van der Waals surface area (Å²) in [4.78, 5) is 27.3. The molecular formula is C30H34N6O2. The number of rotatable bonds is 5. The number of nitrogens with zero attached hydrogens (tertiary/aromatic N) is 3. The number of aromatic nitrogens is 3. The molecule has 1 aliphatic heterocycles. The highest BCUT2D eigenvalue weighted by molar-refractivity contribution is 5.95. The van der Waals surface area contributed by atoms with Crippen molar-refractivity contribution < 1.29 is 4.74 Å². The fraction of sp³-hybridized carbons (Fsp3) is 0.367. The van der Waals surface area contributed by atoms with Gasteiger partial charge in [0.05, 0.1) is 24.3 Å². The van der Waals surface area contributed by atoms with Gasteiger partial charge in [0.25, 0.3) is 5.56 Å². The normalized spacial score (nSPS) is 20.4. The van der Waals surface area contributed by atoms with Gasteiger partial charge in [-0.15, -0.1) is 0 Å². The third-order valence-corrected chi connectivity index (χ3v) is 8.07. The second-order valence-electron chi connectivity index (χ2n) is 10.5. The van der Waals surface area contributed by atoms with E-state index in [-0.39, 0.29) is 5.56 Å². The van der Waals surface area contributed by atoms with Crippen molar-refractivity contribution in [2.45, 2.75) is 44.6 Å². The number of ether oxygens (including phenoxy) is 1. The Kier molecular flexibility index (Phi) is 6.82. The van der Waals surface area contributed by atoms with Gasteiger partial charge < -0.3 is 20.8 Å². The van der Waals surface area contributed by atoms with Gasteiger partial charge in [0.2, 0.25) is 0 Å². The molecule has 0 radical (unpaired) electrons. The number of benzene rings is 1. The summed E-state index contributed by atoms with van der Waals surface area (Å²) in [7, 11) is 0. The number of hydrogen-bond acceptors (Lipinski definition) is 7. The molecule has 0 spiro atoms.